The fraction of sp³-hybridized carbons (Fsp3) is 0.700. The number of hydrogen-bond acceptors (Lipinski definition) is 9. The van der Waals surface area contributed by atoms with Crippen molar-refractivity contribution in [3.05, 3.63) is 23.1 Å². The summed E-state index contributed by atoms with van der Waals surface area (Å²) >= 11 is 6.18. The summed E-state index contributed by atoms with van der Waals surface area (Å²) in [6.45, 7) is -1.72. The zero-order chi connectivity index (χ0) is 24.5. The van der Waals surface area contributed by atoms with E-state index in [1.165, 1.54) is 7.11 Å². The standard InChI is InChI=1S/C20H30ClN4O8P/c1-31-11-20(10-26,34(28,29)30)32-9-13-8-16(27)17(33-13)14-6-7-15-18(22-12-4-2-3-5-12)23-19(21)24-25(14)15/h6-7,12-13,16-17,26-27H,2-5,8-11H2,1H3,(H,22,23,24)(H2,28,29,30)/t13-,16+,17-,20?/m0/s1. The second kappa shape index (κ2) is 10.3. The Hall–Kier alpha value is -1.34. The van der Waals surface area contributed by atoms with E-state index in [1.54, 1.807) is 10.6 Å². The number of anilines is 1. The summed E-state index contributed by atoms with van der Waals surface area (Å²) in [7, 11) is -3.63. The van der Waals surface area contributed by atoms with E-state index in [9.17, 15) is 24.6 Å². The Balaban J connectivity index is 1.51. The second-order valence-electron chi connectivity index (χ2n) is 8.78. The van der Waals surface area contributed by atoms with E-state index in [-0.39, 0.29) is 18.3 Å². The SMILES string of the molecule is COCC(CO)(OC[C@@H]1C[C@@H](O)[C@H](c2ccc3c(NC4CCCC4)nc(Cl)nn23)O1)P(=O)(O)O. The molecular formula is C20H30ClN4O8P. The zero-order valence-corrected chi connectivity index (χ0v) is 20.4. The first-order valence-corrected chi connectivity index (χ1v) is 13.1. The van der Waals surface area contributed by atoms with Crippen molar-refractivity contribution in [2.75, 3.05) is 32.2 Å². The van der Waals surface area contributed by atoms with Crippen LogP contribution in [0.15, 0.2) is 12.1 Å². The van der Waals surface area contributed by atoms with Gasteiger partial charge in [-0.1, -0.05) is 12.8 Å². The van der Waals surface area contributed by atoms with Gasteiger partial charge < -0.3 is 39.5 Å². The van der Waals surface area contributed by atoms with Gasteiger partial charge in [0.15, 0.2) is 5.82 Å². The van der Waals surface area contributed by atoms with Crippen LogP contribution in [0.2, 0.25) is 5.28 Å². The molecule has 0 radical (unpaired) electrons. The highest BCUT2D eigenvalue weighted by Gasteiger charge is 2.49. The summed E-state index contributed by atoms with van der Waals surface area (Å²) in [5.41, 5.74) is 1.26. The zero-order valence-electron chi connectivity index (χ0n) is 18.7. The molecular weight excluding hydrogens is 491 g/mol. The van der Waals surface area contributed by atoms with Crippen molar-refractivity contribution in [1.29, 1.82) is 0 Å². The monoisotopic (exact) mass is 520 g/mol. The Kier molecular flexibility index (Phi) is 7.83. The van der Waals surface area contributed by atoms with Gasteiger partial charge in [0.2, 0.25) is 10.6 Å². The number of hydrogen-bond donors (Lipinski definition) is 5. The first-order valence-electron chi connectivity index (χ1n) is 11.1. The van der Waals surface area contributed by atoms with E-state index in [4.69, 9.17) is 25.8 Å². The van der Waals surface area contributed by atoms with Crippen LogP contribution in [0, 0.1) is 0 Å². The van der Waals surface area contributed by atoms with Gasteiger partial charge in [0.25, 0.3) is 0 Å². The number of nitrogens with zero attached hydrogens (tertiary/aromatic N) is 3. The third-order valence-corrected chi connectivity index (χ3v) is 8.00. The van der Waals surface area contributed by atoms with Crippen LogP contribution in [0.3, 0.4) is 0 Å². The van der Waals surface area contributed by atoms with Crippen molar-refractivity contribution < 1.29 is 38.8 Å². The smallest absolute Gasteiger partial charge is 0.361 e. The van der Waals surface area contributed by atoms with Gasteiger partial charge in [0, 0.05) is 19.6 Å². The average molecular weight is 521 g/mol. The van der Waals surface area contributed by atoms with Crippen LogP contribution in [0.4, 0.5) is 5.82 Å². The molecule has 34 heavy (non-hydrogen) atoms. The van der Waals surface area contributed by atoms with Gasteiger partial charge >= 0.3 is 7.60 Å². The van der Waals surface area contributed by atoms with E-state index >= 15 is 0 Å². The Bertz CT molecular complexity index is 1040. The largest absolute Gasteiger partial charge is 0.393 e. The number of ether oxygens (including phenoxy) is 3. The van der Waals surface area contributed by atoms with Crippen LogP contribution in [0.5, 0.6) is 0 Å². The van der Waals surface area contributed by atoms with Crippen LogP contribution in [-0.2, 0) is 18.8 Å². The van der Waals surface area contributed by atoms with Gasteiger partial charge in [0.1, 0.15) is 11.6 Å². The third kappa shape index (κ3) is 5.11. The van der Waals surface area contributed by atoms with Crippen LogP contribution < -0.4 is 5.32 Å². The van der Waals surface area contributed by atoms with Gasteiger partial charge in [-0.3, -0.25) is 4.57 Å². The number of rotatable bonds is 10. The maximum atomic E-state index is 11.9. The fourth-order valence-electron chi connectivity index (χ4n) is 4.56. The summed E-state index contributed by atoms with van der Waals surface area (Å²) in [6, 6.07) is 3.91. The lowest BCUT2D eigenvalue weighted by Gasteiger charge is -2.32. The van der Waals surface area contributed by atoms with E-state index in [0.29, 0.717) is 23.1 Å². The minimum Gasteiger partial charge on any atom is -0.393 e. The van der Waals surface area contributed by atoms with E-state index in [1.807, 2.05) is 6.07 Å². The molecule has 1 unspecified atom stereocenters. The Morgan fingerprint density at radius 2 is 2.09 bits per heavy atom. The molecule has 1 aliphatic carbocycles. The van der Waals surface area contributed by atoms with Gasteiger partial charge in [-0.15, -0.1) is 5.10 Å². The number of halogens is 1. The summed E-state index contributed by atoms with van der Waals surface area (Å²) < 4.78 is 29.8. The lowest BCUT2D eigenvalue weighted by molar-refractivity contribution is -0.109. The number of methoxy groups -OCH3 is 1. The van der Waals surface area contributed by atoms with Crippen molar-refractivity contribution in [2.24, 2.45) is 0 Å². The maximum absolute atomic E-state index is 11.9. The molecule has 1 aliphatic heterocycles. The predicted octanol–water partition coefficient (Wildman–Crippen LogP) is 1.46. The van der Waals surface area contributed by atoms with Gasteiger partial charge in [-0.25, -0.2) is 4.52 Å². The first kappa shape index (κ1) is 25.7. The molecule has 0 spiro atoms. The Morgan fingerprint density at radius 1 is 1.35 bits per heavy atom. The van der Waals surface area contributed by atoms with E-state index < -0.39 is 44.5 Å². The van der Waals surface area contributed by atoms with Crippen LogP contribution in [0.1, 0.15) is 43.9 Å². The fourth-order valence-corrected chi connectivity index (χ4v) is 5.45. The van der Waals surface area contributed by atoms with Crippen molar-refractivity contribution in [1.82, 2.24) is 14.6 Å². The molecule has 2 fully saturated rings. The third-order valence-electron chi connectivity index (χ3n) is 6.38. The molecule has 1 saturated carbocycles. The molecule has 2 aromatic rings. The lowest BCUT2D eigenvalue weighted by Crippen LogP contribution is -2.43. The molecule has 0 aromatic carbocycles. The topological polar surface area (TPSA) is 168 Å². The summed E-state index contributed by atoms with van der Waals surface area (Å²) in [5, 5.41) is 25.9. The summed E-state index contributed by atoms with van der Waals surface area (Å²) in [4.78, 5) is 23.7. The molecule has 4 rings (SSSR count). The number of aromatic nitrogens is 3. The quantitative estimate of drug-likeness (QED) is 0.287. The Morgan fingerprint density at radius 3 is 2.74 bits per heavy atom. The second-order valence-corrected chi connectivity index (χ2v) is 11.0. The molecule has 4 atom stereocenters. The molecule has 14 heteroatoms. The minimum absolute atomic E-state index is 0.0479. The molecule has 2 aliphatic rings. The maximum Gasteiger partial charge on any atom is 0.361 e. The number of fused-ring (bicyclic) bond motifs is 1. The molecule has 190 valence electrons. The highest BCUT2D eigenvalue weighted by molar-refractivity contribution is 7.53. The number of aliphatic hydroxyl groups excluding tert-OH is 2. The molecule has 0 amide bonds. The number of nitrogens with one attached hydrogen (secondary N) is 1. The average Bonchev–Trinajstić information content (AvgIpc) is 3.50. The molecule has 2 aromatic heterocycles. The van der Waals surface area contributed by atoms with Gasteiger partial charge in [0.05, 0.1) is 37.7 Å². The van der Waals surface area contributed by atoms with E-state index in [2.05, 4.69) is 15.4 Å². The van der Waals surface area contributed by atoms with Gasteiger partial charge in [-0.05, 0) is 36.6 Å². The minimum atomic E-state index is -4.87. The normalized spacial score (nSPS) is 25.8. The van der Waals surface area contributed by atoms with Crippen molar-refractivity contribution >= 4 is 30.5 Å². The lowest BCUT2D eigenvalue weighted by atomic mass is 10.1. The van der Waals surface area contributed by atoms with Crippen LogP contribution in [-0.4, -0.2) is 85.1 Å². The Labute approximate surface area is 201 Å². The molecule has 5 N–H and O–H groups in total. The van der Waals surface area contributed by atoms with Crippen LogP contribution in [0.25, 0.3) is 5.52 Å². The summed E-state index contributed by atoms with van der Waals surface area (Å²) in [6.07, 6.45) is 2.20. The highest BCUT2D eigenvalue weighted by atomic mass is 35.5. The van der Waals surface area contributed by atoms with Crippen molar-refractivity contribution in [3.63, 3.8) is 0 Å². The molecule has 3 heterocycles. The number of aliphatic hydroxyl groups is 2. The van der Waals surface area contributed by atoms with Crippen molar-refractivity contribution in [3.8, 4) is 0 Å². The first-order chi connectivity index (χ1) is 16.2. The molecule has 1 saturated heterocycles. The molecule has 0 bridgehead atoms. The predicted molar refractivity (Wildman–Crippen MR) is 122 cm³/mol. The highest BCUT2D eigenvalue weighted by Crippen LogP contribution is 2.51. The van der Waals surface area contributed by atoms with Gasteiger partial charge in [-0.2, -0.15) is 4.98 Å². The van der Waals surface area contributed by atoms with Crippen molar-refractivity contribution in [2.45, 2.75) is 61.8 Å². The molecule has 12 nitrogen and oxygen atoms in total. The van der Waals surface area contributed by atoms with E-state index in [0.717, 1.165) is 25.7 Å². The summed E-state index contributed by atoms with van der Waals surface area (Å²) in [5.74, 6) is 0.611. The van der Waals surface area contributed by atoms with Crippen LogP contribution >= 0.6 is 19.2 Å².